The standard InChI is InChI=1S/C34H45N3O5/c1-8-10-19-37(32(40)29(22(3)9-2)36-33(41)42-34(5,6)7)30(26-16-18-28(38)23(4)20-26)31(39)35-27-17-15-24-13-11-12-14-25(24)21-27/h11-18,20-22,29-30,38H,8-10,19H2,1-7H3,(H,35,39)(H,36,41). The van der Waals surface area contributed by atoms with Gasteiger partial charge in [0.1, 0.15) is 23.4 Å². The summed E-state index contributed by atoms with van der Waals surface area (Å²) >= 11 is 0. The Balaban J connectivity index is 2.06. The molecule has 3 unspecified atom stereocenters. The van der Waals surface area contributed by atoms with Crippen molar-refractivity contribution in [3.05, 3.63) is 71.8 Å². The molecule has 0 aliphatic heterocycles. The number of carbonyl (C=O) groups excluding carboxylic acids is 3. The first-order valence-electron chi connectivity index (χ1n) is 14.7. The van der Waals surface area contributed by atoms with Crippen LogP contribution in [-0.4, -0.2) is 46.1 Å². The van der Waals surface area contributed by atoms with Crippen molar-refractivity contribution >= 4 is 34.4 Å². The van der Waals surface area contributed by atoms with Crippen LogP contribution in [0.25, 0.3) is 10.8 Å². The summed E-state index contributed by atoms with van der Waals surface area (Å²) in [6.45, 7) is 13.2. The normalized spacial score (nSPS) is 13.6. The van der Waals surface area contributed by atoms with Gasteiger partial charge in [0.25, 0.3) is 5.91 Å². The van der Waals surface area contributed by atoms with Gasteiger partial charge in [0.2, 0.25) is 5.91 Å². The van der Waals surface area contributed by atoms with Gasteiger partial charge in [-0.1, -0.05) is 70.0 Å². The summed E-state index contributed by atoms with van der Waals surface area (Å²) in [5, 5.41) is 18.1. The molecule has 0 aromatic heterocycles. The molecule has 3 rings (SSSR count). The number of nitrogens with zero attached hydrogens (tertiary/aromatic N) is 1. The number of ether oxygens (including phenoxy) is 1. The number of hydrogen-bond acceptors (Lipinski definition) is 5. The minimum atomic E-state index is -1.01. The topological polar surface area (TPSA) is 108 Å². The third kappa shape index (κ3) is 8.47. The molecule has 42 heavy (non-hydrogen) atoms. The number of unbranched alkanes of at least 4 members (excludes halogenated alkanes) is 1. The van der Waals surface area contributed by atoms with Crippen LogP contribution in [0.4, 0.5) is 10.5 Å². The largest absolute Gasteiger partial charge is 0.508 e. The van der Waals surface area contributed by atoms with Crippen LogP contribution in [0.2, 0.25) is 0 Å². The average Bonchev–Trinajstić information content (AvgIpc) is 2.93. The average molecular weight is 576 g/mol. The molecule has 3 amide bonds. The number of fused-ring (bicyclic) bond motifs is 1. The van der Waals surface area contributed by atoms with E-state index in [0.29, 0.717) is 36.2 Å². The predicted octanol–water partition coefficient (Wildman–Crippen LogP) is 7.10. The lowest BCUT2D eigenvalue weighted by atomic mass is 9.95. The van der Waals surface area contributed by atoms with Crippen LogP contribution in [0.5, 0.6) is 5.75 Å². The molecule has 0 bridgehead atoms. The second kappa shape index (κ2) is 14.2. The number of benzene rings is 3. The van der Waals surface area contributed by atoms with E-state index in [4.69, 9.17) is 4.74 Å². The van der Waals surface area contributed by atoms with Crippen molar-refractivity contribution in [2.45, 2.75) is 85.4 Å². The number of amides is 3. The highest BCUT2D eigenvalue weighted by Crippen LogP contribution is 2.30. The summed E-state index contributed by atoms with van der Waals surface area (Å²) in [6.07, 6.45) is 1.39. The van der Waals surface area contributed by atoms with Gasteiger partial charge in [-0.2, -0.15) is 0 Å². The molecule has 0 saturated carbocycles. The van der Waals surface area contributed by atoms with Crippen LogP contribution in [0.3, 0.4) is 0 Å². The molecule has 3 atom stereocenters. The highest BCUT2D eigenvalue weighted by molar-refractivity contribution is 6.00. The lowest BCUT2D eigenvalue weighted by Crippen LogP contribution is -2.55. The van der Waals surface area contributed by atoms with E-state index in [1.807, 2.05) is 63.2 Å². The molecule has 3 N–H and O–H groups in total. The SMILES string of the molecule is CCCCN(C(=O)C(NC(=O)OC(C)(C)C)C(C)CC)C(C(=O)Nc1ccc2ccccc2c1)c1ccc(O)c(C)c1. The maximum atomic E-state index is 14.4. The van der Waals surface area contributed by atoms with Gasteiger partial charge in [-0.05, 0) is 86.2 Å². The summed E-state index contributed by atoms with van der Waals surface area (Å²) in [7, 11) is 0. The van der Waals surface area contributed by atoms with E-state index < -0.39 is 23.8 Å². The molecule has 0 spiro atoms. The Morgan fingerprint density at radius 3 is 2.29 bits per heavy atom. The van der Waals surface area contributed by atoms with Crippen LogP contribution in [0.1, 0.15) is 78.0 Å². The molecule has 8 nitrogen and oxygen atoms in total. The van der Waals surface area contributed by atoms with Crippen LogP contribution in [0, 0.1) is 12.8 Å². The zero-order chi connectivity index (χ0) is 31.0. The third-order valence-corrected chi connectivity index (χ3v) is 7.30. The minimum Gasteiger partial charge on any atom is -0.508 e. The Hall–Kier alpha value is -4.07. The van der Waals surface area contributed by atoms with Crippen molar-refractivity contribution < 1.29 is 24.2 Å². The number of hydrogen-bond donors (Lipinski definition) is 3. The van der Waals surface area contributed by atoms with Gasteiger partial charge in [-0.3, -0.25) is 9.59 Å². The van der Waals surface area contributed by atoms with Gasteiger partial charge >= 0.3 is 6.09 Å². The Kier molecular flexibility index (Phi) is 11.0. The molecule has 0 saturated heterocycles. The van der Waals surface area contributed by atoms with Crippen molar-refractivity contribution in [3.8, 4) is 5.75 Å². The second-order valence-corrected chi connectivity index (χ2v) is 11.9. The number of rotatable bonds is 11. The number of alkyl carbamates (subject to hydrolysis) is 1. The van der Waals surface area contributed by atoms with Gasteiger partial charge in [0.05, 0.1) is 0 Å². The van der Waals surface area contributed by atoms with Crippen LogP contribution < -0.4 is 10.6 Å². The Bertz CT molecular complexity index is 1400. The lowest BCUT2D eigenvalue weighted by molar-refractivity contribution is -0.142. The fourth-order valence-corrected chi connectivity index (χ4v) is 4.79. The summed E-state index contributed by atoms with van der Waals surface area (Å²) in [5.41, 5.74) is 1.02. The highest BCUT2D eigenvalue weighted by Gasteiger charge is 2.38. The summed E-state index contributed by atoms with van der Waals surface area (Å²) in [5.74, 6) is -0.879. The van der Waals surface area contributed by atoms with Crippen molar-refractivity contribution in [1.29, 1.82) is 0 Å². The maximum absolute atomic E-state index is 14.4. The van der Waals surface area contributed by atoms with E-state index in [2.05, 4.69) is 10.6 Å². The van der Waals surface area contributed by atoms with Crippen LogP contribution in [0.15, 0.2) is 60.7 Å². The monoisotopic (exact) mass is 575 g/mol. The quantitative estimate of drug-likeness (QED) is 0.226. The number of phenols is 1. The number of aromatic hydroxyl groups is 1. The third-order valence-electron chi connectivity index (χ3n) is 7.30. The zero-order valence-corrected chi connectivity index (χ0v) is 25.9. The van der Waals surface area contributed by atoms with E-state index in [-0.39, 0.29) is 23.5 Å². The molecule has 0 heterocycles. The predicted molar refractivity (Wildman–Crippen MR) is 167 cm³/mol. The molecular weight excluding hydrogens is 530 g/mol. The molecule has 0 aliphatic carbocycles. The fraction of sp³-hybridized carbons (Fsp3) is 0.441. The smallest absolute Gasteiger partial charge is 0.408 e. The summed E-state index contributed by atoms with van der Waals surface area (Å²) in [6, 6.07) is 16.6. The number of carbonyl (C=O) groups is 3. The van der Waals surface area contributed by atoms with E-state index in [1.54, 1.807) is 44.7 Å². The first-order chi connectivity index (χ1) is 19.8. The van der Waals surface area contributed by atoms with Gasteiger partial charge in [-0.15, -0.1) is 0 Å². The molecule has 3 aromatic rings. The number of anilines is 1. The number of nitrogens with one attached hydrogen (secondary N) is 2. The molecular formula is C34H45N3O5. The molecule has 0 radical (unpaired) electrons. The molecule has 0 fully saturated rings. The Labute approximate surface area is 249 Å². The van der Waals surface area contributed by atoms with Crippen molar-refractivity contribution in [2.75, 3.05) is 11.9 Å². The van der Waals surface area contributed by atoms with Crippen molar-refractivity contribution in [1.82, 2.24) is 10.2 Å². The fourth-order valence-electron chi connectivity index (χ4n) is 4.79. The summed E-state index contributed by atoms with van der Waals surface area (Å²) < 4.78 is 5.48. The van der Waals surface area contributed by atoms with Gasteiger partial charge < -0.3 is 25.4 Å². The van der Waals surface area contributed by atoms with Crippen molar-refractivity contribution in [2.24, 2.45) is 5.92 Å². The maximum Gasteiger partial charge on any atom is 0.408 e. The van der Waals surface area contributed by atoms with E-state index in [9.17, 15) is 19.5 Å². The van der Waals surface area contributed by atoms with Crippen LogP contribution >= 0.6 is 0 Å². The zero-order valence-electron chi connectivity index (χ0n) is 25.9. The molecule has 0 aliphatic rings. The second-order valence-electron chi connectivity index (χ2n) is 11.9. The van der Waals surface area contributed by atoms with E-state index in [1.165, 1.54) is 6.07 Å². The van der Waals surface area contributed by atoms with Crippen molar-refractivity contribution in [3.63, 3.8) is 0 Å². The van der Waals surface area contributed by atoms with Gasteiger partial charge in [-0.25, -0.2) is 4.79 Å². The van der Waals surface area contributed by atoms with E-state index in [0.717, 1.165) is 17.2 Å². The van der Waals surface area contributed by atoms with Crippen LogP contribution in [-0.2, 0) is 14.3 Å². The van der Waals surface area contributed by atoms with E-state index >= 15 is 0 Å². The number of aryl methyl sites for hydroxylation is 1. The first kappa shape index (κ1) is 32.4. The Morgan fingerprint density at radius 2 is 1.67 bits per heavy atom. The first-order valence-corrected chi connectivity index (χ1v) is 14.7. The lowest BCUT2D eigenvalue weighted by Gasteiger charge is -2.36. The summed E-state index contributed by atoms with van der Waals surface area (Å²) in [4.78, 5) is 42.9. The molecule has 3 aromatic carbocycles. The highest BCUT2D eigenvalue weighted by atomic mass is 16.6. The Morgan fingerprint density at radius 1 is 0.976 bits per heavy atom. The molecule has 226 valence electrons. The van der Waals surface area contributed by atoms with Gasteiger partial charge in [0, 0.05) is 12.2 Å². The molecule has 8 heteroatoms. The number of phenolic OH excluding ortho intramolecular Hbond substituents is 1. The minimum absolute atomic E-state index is 0.1000. The van der Waals surface area contributed by atoms with Gasteiger partial charge in [0.15, 0.2) is 0 Å².